The van der Waals surface area contributed by atoms with Crippen LogP contribution in [0.25, 0.3) is 11.0 Å². The maximum atomic E-state index is 12.6. The van der Waals surface area contributed by atoms with Gasteiger partial charge in [-0.1, -0.05) is 18.2 Å². The fraction of sp³-hybridized carbons (Fsp3) is 0.158. The van der Waals surface area contributed by atoms with Gasteiger partial charge in [0.25, 0.3) is 5.91 Å². The predicted molar refractivity (Wildman–Crippen MR) is 100 cm³/mol. The van der Waals surface area contributed by atoms with Crippen LogP contribution in [0.1, 0.15) is 38.1 Å². The topological polar surface area (TPSA) is 109 Å². The van der Waals surface area contributed by atoms with Crippen molar-refractivity contribution >= 4 is 39.2 Å². The minimum absolute atomic E-state index is 0.154. The van der Waals surface area contributed by atoms with E-state index in [-0.39, 0.29) is 27.6 Å². The lowest BCUT2D eigenvalue weighted by Crippen LogP contribution is -2.20. The summed E-state index contributed by atoms with van der Waals surface area (Å²) in [6, 6.07) is 10.2. The normalized spacial score (nSPS) is 10.4. The van der Waals surface area contributed by atoms with Gasteiger partial charge in [0.15, 0.2) is 0 Å². The molecule has 3 rings (SSSR count). The molecule has 0 fully saturated rings. The number of para-hydroxylation sites is 1. The van der Waals surface area contributed by atoms with Gasteiger partial charge >= 0.3 is 11.6 Å². The van der Waals surface area contributed by atoms with Crippen molar-refractivity contribution in [3.63, 3.8) is 0 Å². The van der Waals surface area contributed by atoms with Crippen molar-refractivity contribution in [3.8, 4) is 6.07 Å². The summed E-state index contributed by atoms with van der Waals surface area (Å²) < 4.78 is 10.1. The molecule has 3 aromatic rings. The van der Waals surface area contributed by atoms with Gasteiger partial charge in [0.1, 0.15) is 27.1 Å². The summed E-state index contributed by atoms with van der Waals surface area (Å²) in [5.74, 6) is -1.29. The molecule has 0 unspecified atom stereocenters. The van der Waals surface area contributed by atoms with Crippen molar-refractivity contribution in [1.29, 1.82) is 5.26 Å². The third-order valence-corrected chi connectivity index (χ3v) is 5.02. The number of hydrogen-bond acceptors (Lipinski definition) is 7. The van der Waals surface area contributed by atoms with E-state index < -0.39 is 17.5 Å². The van der Waals surface area contributed by atoms with Crippen molar-refractivity contribution < 1.29 is 18.7 Å². The number of hydrogen-bond donors (Lipinski definition) is 1. The van der Waals surface area contributed by atoms with E-state index in [1.807, 2.05) is 6.07 Å². The Kier molecular flexibility index (Phi) is 5.05. The van der Waals surface area contributed by atoms with Gasteiger partial charge in [-0.25, -0.2) is 9.59 Å². The third kappa shape index (κ3) is 3.45. The Balaban J connectivity index is 1.98. The number of nitrogens with one attached hydrogen (secondary N) is 1. The maximum Gasteiger partial charge on any atom is 0.349 e. The van der Waals surface area contributed by atoms with Crippen LogP contribution in [0.15, 0.2) is 39.5 Å². The van der Waals surface area contributed by atoms with Gasteiger partial charge in [-0.15, -0.1) is 11.3 Å². The SMILES string of the molecule is CCOC(=O)c1sc(NC(=O)c2cc3ccccc3oc2=O)c(C#N)c1C. The van der Waals surface area contributed by atoms with Crippen molar-refractivity contribution in [1.82, 2.24) is 0 Å². The molecule has 0 aliphatic heterocycles. The first-order valence-corrected chi connectivity index (χ1v) is 8.82. The Hall–Kier alpha value is -3.44. The third-order valence-electron chi connectivity index (χ3n) is 3.83. The molecule has 7 nitrogen and oxygen atoms in total. The molecule has 0 aliphatic rings. The summed E-state index contributed by atoms with van der Waals surface area (Å²) in [6.45, 7) is 3.47. The highest BCUT2D eigenvalue weighted by Crippen LogP contribution is 2.33. The Bertz CT molecular complexity index is 1150. The molecule has 1 N–H and O–H groups in total. The monoisotopic (exact) mass is 382 g/mol. The van der Waals surface area contributed by atoms with Crippen molar-refractivity contribution in [2.75, 3.05) is 11.9 Å². The number of ether oxygens (including phenoxy) is 1. The largest absolute Gasteiger partial charge is 0.462 e. The van der Waals surface area contributed by atoms with Crippen LogP contribution in [-0.4, -0.2) is 18.5 Å². The van der Waals surface area contributed by atoms with Gasteiger partial charge in [-0.05, 0) is 31.5 Å². The number of amides is 1. The summed E-state index contributed by atoms with van der Waals surface area (Å²) >= 11 is 0.930. The number of esters is 1. The fourth-order valence-electron chi connectivity index (χ4n) is 2.52. The molecule has 0 bridgehead atoms. The van der Waals surface area contributed by atoms with Crippen LogP contribution in [0.4, 0.5) is 5.00 Å². The summed E-state index contributed by atoms with van der Waals surface area (Å²) in [5, 5.41) is 12.7. The second kappa shape index (κ2) is 7.43. The minimum Gasteiger partial charge on any atom is -0.462 e. The van der Waals surface area contributed by atoms with E-state index in [1.165, 1.54) is 6.07 Å². The summed E-state index contributed by atoms with van der Waals surface area (Å²) in [6.07, 6.45) is 0. The second-order valence-corrected chi connectivity index (χ2v) is 6.55. The Morgan fingerprint density at radius 2 is 2.07 bits per heavy atom. The minimum atomic E-state index is -0.788. The predicted octanol–water partition coefficient (Wildman–Crippen LogP) is 3.46. The molecule has 1 amide bonds. The van der Waals surface area contributed by atoms with Gasteiger partial charge in [0.05, 0.1) is 12.2 Å². The molecule has 2 aromatic heterocycles. The lowest BCUT2D eigenvalue weighted by atomic mass is 10.1. The number of thiophene rings is 1. The quantitative estimate of drug-likeness (QED) is 0.547. The summed E-state index contributed by atoms with van der Waals surface area (Å²) in [5.41, 5.74) is -0.0402. The lowest BCUT2D eigenvalue weighted by molar-refractivity contribution is 0.0531. The number of fused-ring (bicyclic) bond motifs is 1. The highest BCUT2D eigenvalue weighted by atomic mass is 32.1. The molecule has 2 heterocycles. The van der Waals surface area contributed by atoms with E-state index in [9.17, 15) is 19.6 Å². The van der Waals surface area contributed by atoms with E-state index in [2.05, 4.69) is 5.32 Å². The van der Waals surface area contributed by atoms with Gasteiger partial charge in [-0.2, -0.15) is 5.26 Å². The van der Waals surface area contributed by atoms with Crippen LogP contribution in [0.3, 0.4) is 0 Å². The molecule has 0 saturated carbocycles. The number of nitriles is 1. The average molecular weight is 382 g/mol. The molecule has 0 spiro atoms. The molecule has 1 aromatic carbocycles. The molecule has 0 radical (unpaired) electrons. The van der Waals surface area contributed by atoms with Crippen molar-refractivity contribution in [2.24, 2.45) is 0 Å². The molecular formula is C19H14N2O5S. The van der Waals surface area contributed by atoms with Crippen LogP contribution in [0, 0.1) is 18.3 Å². The second-order valence-electron chi connectivity index (χ2n) is 5.53. The number of carbonyl (C=O) groups is 2. The van der Waals surface area contributed by atoms with Gasteiger partial charge in [0.2, 0.25) is 0 Å². The Morgan fingerprint density at radius 3 is 2.78 bits per heavy atom. The fourth-order valence-corrected chi connectivity index (χ4v) is 3.56. The molecule has 0 aliphatic carbocycles. The summed E-state index contributed by atoms with van der Waals surface area (Å²) in [4.78, 5) is 36.9. The Morgan fingerprint density at radius 1 is 1.33 bits per heavy atom. The first kappa shape index (κ1) is 18.4. The van der Waals surface area contributed by atoms with Gasteiger partial charge < -0.3 is 14.5 Å². The van der Waals surface area contributed by atoms with Crippen LogP contribution < -0.4 is 10.9 Å². The van der Waals surface area contributed by atoms with E-state index in [4.69, 9.17) is 9.15 Å². The van der Waals surface area contributed by atoms with Crippen molar-refractivity contribution in [2.45, 2.75) is 13.8 Å². The van der Waals surface area contributed by atoms with E-state index in [1.54, 1.807) is 38.1 Å². The lowest BCUT2D eigenvalue weighted by Gasteiger charge is -2.03. The molecule has 136 valence electrons. The number of anilines is 1. The average Bonchev–Trinajstić information content (AvgIpc) is 2.96. The molecular weight excluding hydrogens is 368 g/mol. The molecule has 27 heavy (non-hydrogen) atoms. The zero-order valence-electron chi connectivity index (χ0n) is 14.5. The number of nitrogens with zero attached hydrogens (tertiary/aromatic N) is 1. The number of carbonyl (C=O) groups excluding carboxylic acids is 2. The standard InChI is InChI=1S/C19H14N2O5S/c1-3-25-19(24)15-10(2)13(9-20)17(27-15)21-16(22)12-8-11-6-4-5-7-14(11)26-18(12)23/h4-8H,3H2,1-2H3,(H,21,22). The van der Waals surface area contributed by atoms with Gasteiger partial charge in [0, 0.05) is 5.39 Å². The van der Waals surface area contributed by atoms with Crippen LogP contribution >= 0.6 is 11.3 Å². The van der Waals surface area contributed by atoms with Crippen LogP contribution in [-0.2, 0) is 4.74 Å². The van der Waals surface area contributed by atoms with E-state index >= 15 is 0 Å². The van der Waals surface area contributed by atoms with Gasteiger partial charge in [-0.3, -0.25) is 4.79 Å². The van der Waals surface area contributed by atoms with Crippen LogP contribution in [0.5, 0.6) is 0 Å². The Labute approximate surface area is 157 Å². The highest BCUT2D eigenvalue weighted by Gasteiger charge is 2.23. The number of rotatable bonds is 4. The maximum absolute atomic E-state index is 12.6. The smallest absolute Gasteiger partial charge is 0.349 e. The van der Waals surface area contributed by atoms with Crippen molar-refractivity contribution in [3.05, 3.63) is 62.3 Å². The number of benzene rings is 1. The van der Waals surface area contributed by atoms with E-state index in [0.717, 1.165) is 11.3 Å². The van der Waals surface area contributed by atoms with Crippen LogP contribution in [0.2, 0.25) is 0 Å². The highest BCUT2D eigenvalue weighted by molar-refractivity contribution is 7.18. The molecule has 0 saturated heterocycles. The summed E-state index contributed by atoms with van der Waals surface area (Å²) in [7, 11) is 0. The zero-order chi connectivity index (χ0) is 19.6. The molecule has 0 atom stereocenters. The first-order chi connectivity index (χ1) is 13.0. The van der Waals surface area contributed by atoms with E-state index in [0.29, 0.717) is 16.5 Å². The zero-order valence-corrected chi connectivity index (χ0v) is 15.3. The molecule has 8 heteroatoms. The first-order valence-electron chi connectivity index (χ1n) is 8.01.